The van der Waals surface area contributed by atoms with Crippen LogP contribution in [0, 0.1) is 10.1 Å². The number of non-ortho nitro benzene ring substituents is 1. The third-order valence-corrected chi connectivity index (χ3v) is 3.77. The number of nitro benzene ring substituents is 1. The third kappa shape index (κ3) is 2.79. The number of nitro groups is 1. The summed E-state index contributed by atoms with van der Waals surface area (Å²) in [5, 5.41) is 19.3. The second-order valence-electron chi connectivity index (χ2n) is 5.28. The molecule has 1 aromatic carbocycles. The van der Waals surface area contributed by atoms with E-state index in [1.807, 2.05) is 0 Å². The molecule has 0 saturated carbocycles. The number of esters is 1. The Kier molecular flexibility index (Phi) is 4.13. The summed E-state index contributed by atoms with van der Waals surface area (Å²) in [7, 11) is 0. The summed E-state index contributed by atoms with van der Waals surface area (Å²) >= 11 is 0. The molecule has 0 aliphatic carbocycles. The Hall–Kier alpha value is -3.37. The fourth-order valence-corrected chi connectivity index (χ4v) is 2.67. The van der Waals surface area contributed by atoms with E-state index < -0.39 is 34.8 Å². The van der Waals surface area contributed by atoms with Crippen LogP contribution in [0.1, 0.15) is 6.92 Å². The summed E-state index contributed by atoms with van der Waals surface area (Å²) in [6, 6.07) is 2.94. The Morgan fingerprint density at radius 2 is 1.96 bits per heavy atom. The van der Waals surface area contributed by atoms with Crippen molar-refractivity contribution in [2.45, 2.75) is 19.0 Å². The Bertz CT molecular complexity index is 776. The van der Waals surface area contributed by atoms with Gasteiger partial charge in [0, 0.05) is 12.1 Å². The van der Waals surface area contributed by atoms with E-state index in [1.165, 1.54) is 24.3 Å². The average Bonchev–Trinajstić information content (AvgIpc) is 3.08. The molecule has 0 spiro atoms. The highest BCUT2D eigenvalue weighted by atomic mass is 16.6. The van der Waals surface area contributed by atoms with Crippen LogP contribution in [0.3, 0.4) is 0 Å². The lowest BCUT2D eigenvalue weighted by molar-refractivity contribution is -0.384. The third-order valence-electron chi connectivity index (χ3n) is 3.77. The standard InChI is InChI=1S/C14H13N5O6/c1-2-25-10(20)7-17-12-11(15-16-17)13(21)18(14(12)22)8-3-5-9(6-4-8)19(23)24/h3-6,11-12H,2,7H2,1H3/t11-,12-/m1/s1. The minimum atomic E-state index is -1.04. The number of amides is 2. The van der Waals surface area contributed by atoms with Gasteiger partial charge in [-0.1, -0.05) is 5.22 Å². The van der Waals surface area contributed by atoms with Crippen molar-refractivity contribution in [3.63, 3.8) is 0 Å². The predicted molar refractivity (Wildman–Crippen MR) is 81.4 cm³/mol. The van der Waals surface area contributed by atoms with Crippen LogP contribution in [0.4, 0.5) is 11.4 Å². The molecule has 3 rings (SSSR count). The lowest BCUT2D eigenvalue weighted by Crippen LogP contribution is -2.42. The number of ether oxygens (including phenoxy) is 1. The number of hydrogen-bond donors (Lipinski definition) is 0. The highest BCUT2D eigenvalue weighted by molar-refractivity contribution is 6.25. The first-order valence-corrected chi connectivity index (χ1v) is 7.39. The number of anilines is 1. The number of fused-ring (bicyclic) bond motifs is 1. The molecule has 0 radical (unpaired) electrons. The zero-order valence-corrected chi connectivity index (χ0v) is 13.1. The van der Waals surface area contributed by atoms with E-state index in [0.29, 0.717) is 0 Å². The van der Waals surface area contributed by atoms with Crippen LogP contribution >= 0.6 is 0 Å². The molecule has 130 valence electrons. The number of benzene rings is 1. The van der Waals surface area contributed by atoms with E-state index in [0.717, 1.165) is 9.91 Å². The molecule has 1 saturated heterocycles. The predicted octanol–water partition coefficient (Wildman–Crippen LogP) is 0.451. The van der Waals surface area contributed by atoms with Crippen LogP contribution < -0.4 is 4.90 Å². The lowest BCUT2D eigenvalue weighted by Gasteiger charge is -2.19. The highest BCUT2D eigenvalue weighted by Crippen LogP contribution is 2.32. The van der Waals surface area contributed by atoms with Gasteiger partial charge in [-0.25, -0.2) is 4.90 Å². The fourth-order valence-electron chi connectivity index (χ4n) is 2.67. The van der Waals surface area contributed by atoms with Crippen molar-refractivity contribution < 1.29 is 24.0 Å². The normalized spacial score (nSPS) is 21.6. The molecular weight excluding hydrogens is 334 g/mol. The number of carbonyl (C=O) groups excluding carboxylic acids is 3. The van der Waals surface area contributed by atoms with E-state index in [4.69, 9.17) is 4.74 Å². The smallest absolute Gasteiger partial charge is 0.327 e. The van der Waals surface area contributed by atoms with E-state index in [1.54, 1.807) is 6.92 Å². The summed E-state index contributed by atoms with van der Waals surface area (Å²) in [4.78, 5) is 47.7. The molecule has 0 aromatic heterocycles. The number of carbonyl (C=O) groups is 3. The first kappa shape index (κ1) is 16.5. The molecule has 1 fully saturated rings. The number of hydrogen-bond acceptors (Lipinski definition) is 9. The number of imide groups is 1. The van der Waals surface area contributed by atoms with Crippen LogP contribution in [-0.2, 0) is 19.1 Å². The van der Waals surface area contributed by atoms with Crippen molar-refractivity contribution in [2.75, 3.05) is 18.1 Å². The first-order chi connectivity index (χ1) is 11.9. The van der Waals surface area contributed by atoms with Crippen molar-refractivity contribution >= 4 is 29.2 Å². The lowest BCUT2D eigenvalue weighted by atomic mass is 10.2. The van der Waals surface area contributed by atoms with Gasteiger partial charge in [-0.3, -0.25) is 29.5 Å². The minimum absolute atomic E-state index is 0.160. The van der Waals surface area contributed by atoms with Gasteiger partial charge < -0.3 is 4.74 Å². The van der Waals surface area contributed by atoms with E-state index >= 15 is 0 Å². The molecule has 2 amide bonds. The summed E-state index contributed by atoms with van der Waals surface area (Å²) in [5.41, 5.74) is 0.0351. The van der Waals surface area contributed by atoms with E-state index in [-0.39, 0.29) is 24.5 Å². The van der Waals surface area contributed by atoms with Crippen LogP contribution in [0.25, 0.3) is 0 Å². The first-order valence-electron chi connectivity index (χ1n) is 7.39. The van der Waals surface area contributed by atoms with E-state index in [2.05, 4.69) is 10.3 Å². The Labute approximate surface area is 141 Å². The zero-order chi connectivity index (χ0) is 18.1. The molecule has 2 aliphatic heterocycles. The van der Waals surface area contributed by atoms with Gasteiger partial charge in [0.15, 0.2) is 12.1 Å². The molecule has 0 N–H and O–H groups in total. The maximum atomic E-state index is 12.6. The summed E-state index contributed by atoms with van der Waals surface area (Å²) in [6.45, 7) is 1.53. The molecule has 2 aliphatic rings. The monoisotopic (exact) mass is 347 g/mol. The van der Waals surface area contributed by atoms with Crippen molar-refractivity contribution in [1.29, 1.82) is 0 Å². The Morgan fingerprint density at radius 3 is 2.56 bits per heavy atom. The zero-order valence-electron chi connectivity index (χ0n) is 13.1. The molecule has 11 nitrogen and oxygen atoms in total. The highest BCUT2D eigenvalue weighted by Gasteiger charge is 2.55. The Morgan fingerprint density at radius 1 is 1.28 bits per heavy atom. The summed E-state index contributed by atoms with van der Waals surface area (Å²) in [5.74, 6) is -1.78. The molecule has 25 heavy (non-hydrogen) atoms. The second kappa shape index (κ2) is 6.26. The maximum absolute atomic E-state index is 12.6. The molecule has 2 atom stereocenters. The van der Waals surface area contributed by atoms with Gasteiger partial charge in [0.05, 0.1) is 17.2 Å². The van der Waals surface area contributed by atoms with Gasteiger partial charge in [0.25, 0.3) is 17.5 Å². The van der Waals surface area contributed by atoms with Crippen molar-refractivity contribution in [3.05, 3.63) is 34.4 Å². The van der Waals surface area contributed by atoms with Crippen LogP contribution in [0.15, 0.2) is 34.6 Å². The van der Waals surface area contributed by atoms with Crippen LogP contribution in [-0.4, -0.2) is 53.0 Å². The fraction of sp³-hybridized carbons (Fsp3) is 0.357. The van der Waals surface area contributed by atoms with Crippen molar-refractivity contribution in [2.24, 2.45) is 10.3 Å². The molecule has 11 heteroatoms. The van der Waals surface area contributed by atoms with Crippen LogP contribution in [0.5, 0.6) is 0 Å². The van der Waals surface area contributed by atoms with Gasteiger partial charge in [0.2, 0.25) is 0 Å². The van der Waals surface area contributed by atoms with E-state index in [9.17, 15) is 24.5 Å². The summed E-state index contributed by atoms with van der Waals surface area (Å²) < 4.78 is 4.81. The van der Waals surface area contributed by atoms with Gasteiger partial charge in [-0.15, -0.1) is 0 Å². The van der Waals surface area contributed by atoms with Gasteiger partial charge in [-0.05, 0) is 19.1 Å². The molecule has 2 heterocycles. The number of rotatable bonds is 5. The van der Waals surface area contributed by atoms with Gasteiger partial charge in [-0.2, -0.15) is 5.11 Å². The second-order valence-corrected chi connectivity index (χ2v) is 5.28. The SMILES string of the molecule is CCOC(=O)CN1N=N[C@H]2C(=O)N(c3ccc([N+](=O)[O-])cc3)C(=O)[C@@H]21. The largest absolute Gasteiger partial charge is 0.465 e. The van der Waals surface area contributed by atoms with Gasteiger partial charge in [0.1, 0.15) is 6.54 Å². The van der Waals surface area contributed by atoms with Crippen LogP contribution in [0.2, 0.25) is 0 Å². The molecular formula is C14H13N5O6. The van der Waals surface area contributed by atoms with Crippen molar-refractivity contribution in [1.82, 2.24) is 5.01 Å². The van der Waals surface area contributed by atoms with Crippen molar-refractivity contribution in [3.8, 4) is 0 Å². The topological polar surface area (TPSA) is 135 Å². The molecule has 0 unspecified atom stereocenters. The molecule has 1 aromatic rings. The van der Waals surface area contributed by atoms with Gasteiger partial charge >= 0.3 is 5.97 Å². The summed E-state index contributed by atoms with van der Waals surface area (Å²) in [6.07, 6.45) is 0. The average molecular weight is 347 g/mol. The maximum Gasteiger partial charge on any atom is 0.327 e. The molecule has 0 bridgehead atoms. The Balaban J connectivity index is 1.82. The minimum Gasteiger partial charge on any atom is -0.465 e. The number of nitrogens with zero attached hydrogens (tertiary/aromatic N) is 5. The quantitative estimate of drug-likeness (QED) is 0.326.